The highest BCUT2D eigenvalue weighted by Crippen LogP contribution is 2.06. The highest BCUT2D eigenvalue weighted by Gasteiger charge is 1.93. The van der Waals surface area contributed by atoms with Gasteiger partial charge in [-0.2, -0.15) is 0 Å². The fourth-order valence-electron chi connectivity index (χ4n) is 0.496. The molecule has 0 aromatic heterocycles. The summed E-state index contributed by atoms with van der Waals surface area (Å²) >= 11 is 0. The summed E-state index contributed by atoms with van der Waals surface area (Å²) < 4.78 is 0. The minimum Gasteiger partial charge on any atom is -0.404 e. The molecule has 0 aromatic rings. The van der Waals surface area contributed by atoms with E-state index in [2.05, 4.69) is 20.4 Å². The van der Waals surface area contributed by atoms with Crippen LogP contribution in [0.1, 0.15) is 27.7 Å². The largest absolute Gasteiger partial charge is 0.404 e. The van der Waals surface area contributed by atoms with Crippen LogP contribution in [0.25, 0.3) is 0 Å². The van der Waals surface area contributed by atoms with Gasteiger partial charge in [-0.25, -0.2) is 0 Å². The van der Waals surface area contributed by atoms with Crippen LogP contribution in [0.15, 0.2) is 24.4 Å². The summed E-state index contributed by atoms with van der Waals surface area (Å²) in [5.74, 6) is 0.498. The minimum atomic E-state index is 0.498. The van der Waals surface area contributed by atoms with E-state index >= 15 is 0 Å². The monoisotopic (exact) mass is 141 g/mol. The van der Waals surface area contributed by atoms with Crippen LogP contribution in [0, 0.1) is 5.92 Å². The van der Waals surface area contributed by atoms with Gasteiger partial charge in [0.2, 0.25) is 0 Å². The van der Waals surface area contributed by atoms with Crippen molar-refractivity contribution in [3.63, 3.8) is 0 Å². The van der Waals surface area contributed by atoms with Crippen molar-refractivity contribution >= 4 is 0 Å². The molecule has 0 saturated carbocycles. The first-order valence-electron chi connectivity index (χ1n) is 3.76. The molecule has 0 aliphatic heterocycles. The molecule has 0 heterocycles. The molecule has 0 aliphatic rings. The van der Waals surface area contributed by atoms with E-state index in [1.807, 2.05) is 13.8 Å². The number of rotatable bonds is 2. The normalized spacial score (nSPS) is 10.3. The van der Waals surface area contributed by atoms with E-state index in [0.717, 1.165) is 5.57 Å². The molecule has 60 valence electrons. The molecule has 2 N–H and O–H groups in total. The van der Waals surface area contributed by atoms with Crippen molar-refractivity contribution in [2.45, 2.75) is 27.7 Å². The van der Waals surface area contributed by atoms with E-state index < -0.39 is 0 Å². The predicted octanol–water partition coefficient (Wildman–Crippen LogP) is 2.70. The smallest absolute Gasteiger partial charge is 0.00273 e. The Labute approximate surface area is 64.6 Å². The van der Waals surface area contributed by atoms with Crippen LogP contribution in [0.5, 0.6) is 0 Å². The van der Waals surface area contributed by atoms with Crippen molar-refractivity contribution in [2.24, 2.45) is 11.7 Å². The van der Waals surface area contributed by atoms with E-state index in [0.29, 0.717) is 5.92 Å². The Bertz CT molecular complexity index is 101. The first kappa shape index (κ1) is 12.0. The van der Waals surface area contributed by atoms with Crippen molar-refractivity contribution < 1.29 is 0 Å². The third-order valence-electron chi connectivity index (χ3n) is 1.09. The highest BCUT2D eigenvalue weighted by molar-refractivity contribution is 5.16. The Balaban J connectivity index is 0. The summed E-state index contributed by atoms with van der Waals surface area (Å²) in [6, 6.07) is 0. The lowest BCUT2D eigenvalue weighted by Crippen LogP contribution is -1.93. The van der Waals surface area contributed by atoms with Gasteiger partial charge in [-0.3, -0.25) is 0 Å². The van der Waals surface area contributed by atoms with Gasteiger partial charge in [-0.15, -0.1) is 0 Å². The maximum Gasteiger partial charge on any atom is -0.00273 e. The Kier molecular flexibility index (Phi) is 9.94. The molecule has 0 aromatic carbocycles. The fourth-order valence-corrected chi connectivity index (χ4v) is 0.496. The highest BCUT2D eigenvalue weighted by atomic mass is 14.5. The average Bonchev–Trinajstić information content (AvgIpc) is 1.94. The van der Waals surface area contributed by atoms with Crippen LogP contribution in [-0.2, 0) is 0 Å². The summed E-state index contributed by atoms with van der Waals surface area (Å²) in [7, 11) is 0. The molecule has 0 rings (SSSR count). The van der Waals surface area contributed by atoms with E-state index in [1.54, 1.807) is 12.3 Å². The SMILES string of the molecule is C=C/C(=C\N)C(C)C.CC. The summed E-state index contributed by atoms with van der Waals surface area (Å²) in [6.45, 7) is 11.8. The lowest BCUT2D eigenvalue weighted by atomic mass is 10.1. The van der Waals surface area contributed by atoms with Crippen LogP contribution in [0.2, 0.25) is 0 Å². The second-order valence-electron chi connectivity index (χ2n) is 2.03. The zero-order valence-electron chi connectivity index (χ0n) is 7.52. The van der Waals surface area contributed by atoms with Crippen LogP contribution in [0.4, 0.5) is 0 Å². The zero-order valence-corrected chi connectivity index (χ0v) is 7.52. The van der Waals surface area contributed by atoms with E-state index in [9.17, 15) is 0 Å². The van der Waals surface area contributed by atoms with Crippen LogP contribution in [0.3, 0.4) is 0 Å². The fraction of sp³-hybridized carbons (Fsp3) is 0.556. The quantitative estimate of drug-likeness (QED) is 0.588. The predicted molar refractivity (Wildman–Crippen MR) is 48.7 cm³/mol. The Morgan fingerprint density at radius 3 is 1.80 bits per heavy atom. The van der Waals surface area contributed by atoms with Gasteiger partial charge in [0.05, 0.1) is 0 Å². The van der Waals surface area contributed by atoms with Crippen LogP contribution < -0.4 is 5.73 Å². The first-order chi connectivity index (χ1) is 4.72. The maximum atomic E-state index is 5.25. The maximum absolute atomic E-state index is 5.25. The van der Waals surface area contributed by atoms with E-state index in [-0.39, 0.29) is 0 Å². The van der Waals surface area contributed by atoms with Crippen molar-refractivity contribution in [1.29, 1.82) is 0 Å². The molecule has 1 heteroatoms. The summed E-state index contributed by atoms with van der Waals surface area (Å²) in [5, 5.41) is 0. The molecular weight excluding hydrogens is 122 g/mol. The lowest BCUT2D eigenvalue weighted by molar-refractivity contribution is 0.789. The third-order valence-corrected chi connectivity index (χ3v) is 1.09. The van der Waals surface area contributed by atoms with Crippen LogP contribution in [-0.4, -0.2) is 0 Å². The van der Waals surface area contributed by atoms with Gasteiger partial charge in [0.1, 0.15) is 0 Å². The summed E-state index contributed by atoms with van der Waals surface area (Å²) in [6.07, 6.45) is 3.38. The number of allylic oxidation sites excluding steroid dienone is 2. The Morgan fingerprint density at radius 1 is 1.40 bits per heavy atom. The Morgan fingerprint density at radius 2 is 1.80 bits per heavy atom. The second kappa shape index (κ2) is 8.28. The molecule has 0 aliphatic carbocycles. The second-order valence-corrected chi connectivity index (χ2v) is 2.03. The zero-order chi connectivity index (χ0) is 8.57. The molecule has 0 unspecified atom stereocenters. The topological polar surface area (TPSA) is 26.0 Å². The molecule has 0 atom stereocenters. The van der Waals surface area contributed by atoms with Gasteiger partial charge in [0.25, 0.3) is 0 Å². The summed E-state index contributed by atoms with van der Waals surface area (Å²) in [5.41, 5.74) is 6.35. The van der Waals surface area contributed by atoms with Gasteiger partial charge in [0.15, 0.2) is 0 Å². The number of nitrogens with two attached hydrogens (primary N) is 1. The van der Waals surface area contributed by atoms with Gasteiger partial charge < -0.3 is 5.73 Å². The molecule has 10 heavy (non-hydrogen) atoms. The number of hydrogen-bond donors (Lipinski definition) is 1. The minimum absolute atomic E-state index is 0.498. The molecule has 0 fully saturated rings. The first-order valence-corrected chi connectivity index (χ1v) is 3.76. The standard InChI is InChI=1S/C7H13N.C2H6/c1-4-7(5-8)6(2)3;1-2/h4-6H,1,8H2,2-3H3;1-2H3/b7-5+;. The summed E-state index contributed by atoms with van der Waals surface area (Å²) in [4.78, 5) is 0. The molecule has 0 bridgehead atoms. The molecule has 0 spiro atoms. The van der Waals surface area contributed by atoms with E-state index in [1.165, 1.54) is 0 Å². The molecule has 1 nitrogen and oxygen atoms in total. The van der Waals surface area contributed by atoms with Crippen molar-refractivity contribution in [3.05, 3.63) is 24.4 Å². The van der Waals surface area contributed by atoms with E-state index in [4.69, 9.17) is 5.73 Å². The average molecular weight is 141 g/mol. The Hall–Kier alpha value is -0.720. The third kappa shape index (κ3) is 5.42. The molecule has 0 saturated heterocycles. The van der Waals surface area contributed by atoms with Gasteiger partial charge in [-0.1, -0.05) is 40.3 Å². The van der Waals surface area contributed by atoms with Crippen molar-refractivity contribution in [1.82, 2.24) is 0 Å². The lowest BCUT2D eigenvalue weighted by Gasteiger charge is -2.01. The van der Waals surface area contributed by atoms with Crippen molar-refractivity contribution in [2.75, 3.05) is 0 Å². The molecule has 0 amide bonds. The van der Waals surface area contributed by atoms with Gasteiger partial charge >= 0.3 is 0 Å². The molecule has 0 radical (unpaired) electrons. The van der Waals surface area contributed by atoms with Gasteiger partial charge in [0, 0.05) is 0 Å². The number of hydrogen-bond acceptors (Lipinski definition) is 1. The van der Waals surface area contributed by atoms with Gasteiger partial charge in [-0.05, 0) is 17.7 Å². The van der Waals surface area contributed by atoms with Crippen molar-refractivity contribution in [3.8, 4) is 0 Å². The van der Waals surface area contributed by atoms with Crippen LogP contribution >= 0.6 is 0 Å². The molecular formula is C9H19N.